The van der Waals surface area contributed by atoms with Gasteiger partial charge in [0.15, 0.2) is 0 Å². The van der Waals surface area contributed by atoms with Crippen molar-refractivity contribution in [3.05, 3.63) is 57.6 Å². The van der Waals surface area contributed by atoms with Crippen LogP contribution in [0.3, 0.4) is 0 Å². The van der Waals surface area contributed by atoms with Gasteiger partial charge in [-0.3, -0.25) is 0 Å². The van der Waals surface area contributed by atoms with Crippen LogP contribution in [0, 0.1) is 0 Å². The van der Waals surface area contributed by atoms with Gasteiger partial charge in [0.05, 0.1) is 0 Å². The van der Waals surface area contributed by atoms with Crippen molar-refractivity contribution in [1.29, 1.82) is 0 Å². The monoisotopic (exact) mass is 609 g/mol. The van der Waals surface area contributed by atoms with Crippen LogP contribution < -0.4 is 21.4 Å². The van der Waals surface area contributed by atoms with Gasteiger partial charge in [-0.15, -0.1) is 0 Å². The molecule has 0 radical (unpaired) electrons. The maximum absolute atomic E-state index is 16.4. The molecule has 0 spiro atoms. The first kappa shape index (κ1) is 38.5. The Bertz CT molecular complexity index is 1120. The molecule has 0 fully saturated rings. The summed E-state index contributed by atoms with van der Waals surface area (Å²) in [5, 5.41) is 6.22. The second-order valence-electron chi connectivity index (χ2n) is 19.1. The Kier molecular flexibility index (Phi) is 11.3. The Hall–Kier alpha value is -1.65. The Labute approximate surface area is 271 Å². The van der Waals surface area contributed by atoms with Gasteiger partial charge in [-0.2, -0.15) is 0 Å². The van der Waals surface area contributed by atoms with Crippen LogP contribution in [0.4, 0.5) is 8.63 Å². The highest BCUT2D eigenvalue weighted by molar-refractivity contribution is 6.66. The largest absolute Gasteiger partial charge is 0.462 e. The van der Waals surface area contributed by atoms with Gasteiger partial charge >= 0.3 is 14.2 Å². The standard InChI is InChI=1S/C38H64B2F2N2/c1-33(2,3)25-21-27(35(7,8)9)31(28(22-25)36(10,11)12)39(41)43-19-20-44-40(42)32-29(37(13,14)15)23-26(34(4,5)6)24-30(32)38(16,17)18/h21-24,43-44H,19-20H2,1-18H3. The van der Waals surface area contributed by atoms with Crippen molar-refractivity contribution in [2.75, 3.05) is 13.1 Å². The van der Waals surface area contributed by atoms with Crippen molar-refractivity contribution in [3.8, 4) is 0 Å². The fourth-order valence-corrected chi connectivity index (χ4v) is 5.80. The molecule has 0 aromatic heterocycles. The molecule has 2 aromatic rings. The van der Waals surface area contributed by atoms with Crippen LogP contribution in [0.25, 0.3) is 0 Å². The summed E-state index contributed by atoms with van der Waals surface area (Å²) < 4.78 is 32.7. The normalized spacial score (nSPS) is 13.8. The molecule has 2 aromatic carbocycles. The van der Waals surface area contributed by atoms with E-state index in [2.05, 4.69) is 159 Å². The Morgan fingerprint density at radius 2 is 0.614 bits per heavy atom. The summed E-state index contributed by atoms with van der Waals surface area (Å²) in [6.45, 7) is 39.6. The molecule has 0 atom stereocenters. The van der Waals surface area contributed by atoms with E-state index in [1.54, 1.807) is 0 Å². The van der Waals surface area contributed by atoms with E-state index < -0.39 is 14.2 Å². The summed E-state index contributed by atoms with van der Waals surface area (Å²) in [6, 6.07) is 8.77. The summed E-state index contributed by atoms with van der Waals surface area (Å²) in [4.78, 5) is 0. The Morgan fingerprint density at radius 1 is 0.409 bits per heavy atom. The van der Waals surface area contributed by atoms with E-state index in [0.717, 1.165) is 33.2 Å². The number of rotatable bonds is 7. The molecule has 0 unspecified atom stereocenters. The van der Waals surface area contributed by atoms with Crippen LogP contribution in [-0.4, -0.2) is 27.3 Å². The topological polar surface area (TPSA) is 24.1 Å². The third kappa shape index (κ3) is 9.44. The maximum Gasteiger partial charge on any atom is 0.462 e. The van der Waals surface area contributed by atoms with Crippen LogP contribution in [0.15, 0.2) is 24.3 Å². The van der Waals surface area contributed by atoms with E-state index in [-0.39, 0.29) is 32.5 Å². The summed E-state index contributed by atoms with van der Waals surface area (Å²) >= 11 is 0. The van der Waals surface area contributed by atoms with Crippen molar-refractivity contribution in [2.24, 2.45) is 0 Å². The average molecular weight is 609 g/mol. The van der Waals surface area contributed by atoms with Crippen LogP contribution in [0.2, 0.25) is 0 Å². The lowest BCUT2D eigenvalue weighted by molar-refractivity contribution is 0.550. The number of nitrogens with one attached hydrogen (secondary N) is 2. The van der Waals surface area contributed by atoms with Gasteiger partial charge in [-0.1, -0.05) is 149 Å². The third-order valence-electron chi connectivity index (χ3n) is 8.60. The molecule has 0 amide bonds. The molecular weight excluding hydrogens is 544 g/mol. The van der Waals surface area contributed by atoms with Crippen LogP contribution >= 0.6 is 0 Å². The molecule has 0 aliphatic carbocycles. The highest BCUT2D eigenvalue weighted by atomic mass is 19.1. The van der Waals surface area contributed by atoms with E-state index in [1.807, 2.05) is 0 Å². The molecule has 0 aliphatic rings. The fraction of sp³-hybridized carbons (Fsp3) is 0.684. The van der Waals surface area contributed by atoms with Crippen LogP contribution in [-0.2, 0) is 32.5 Å². The number of hydrogen-bond donors (Lipinski definition) is 2. The lowest BCUT2D eigenvalue weighted by Gasteiger charge is -2.34. The van der Waals surface area contributed by atoms with Gasteiger partial charge in [0.2, 0.25) is 0 Å². The zero-order valence-electron chi connectivity index (χ0n) is 31.6. The maximum atomic E-state index is 16.4. The van der Waals surface area contributed by atoms with Gasteiger partial charge in [0.1, 0.15) is 0 Å². The second-order valence-corrected chi connectivity index (χ2v) is 19.1. The number of benzene rings is 2. The average Bonchev–Trinajstić information content (AvgIpc) is 2.81. The second kappa shape index (κ2) is 12.9. The number of halogens is 2. The zero-order valence-corrected chi connectivity index (χ0v) is 31.6. The van der Waals surface area contributed by atoms with Crippen molar-refractivity contribution >= 4 is 25.2 Å². The first-order chi connectivity index (χ1) is 19.5. The molecule has 0 heterocycles. The first-order valence-corrected chi connectivity index (χ1v) is 16.6. The summed E-state index contributed by atoms with van der Waals surface area (Å²) in [6.07, 6.45) is 0. The lowest BCUT2D eigenvalue weighted by Crippen LogP contribution is -2.53. The van der Waals surface area contributed by atoms with E-state index in [1.165, 1.54) is 11.1 Å². The fourth-order valence-electron chi connectivity index (χ4n) is 5.80. The first-order valence-electron chi connectivity index (χ1n) is 16.6. The minimum Gasteiger partial charge on any atom is -0.322 e. The predicted octanol–water partition coefficient (Wildman–Crippen LogP) is 8.68. The smallest absolute Gasteiger partial charge is 0.322 e. The van der Waals surface area contributed by atoms with Gasteiger partial charge < -0.3 is 19.1 Å². The molecule has 2 nitrogen and oxygen atoms in total. The van der Waals surface area contributed by atoms with Crippen molar-refractivity contribution in [1.82, 2.24) is 10.5 Å². The predicted molar refractivity (Wildman–Crippen MR) is 194 cm³/mol. The Morgan fingerprint density at radius 3 is 0.773 bits per heavy atom. The van der Waals surface area contributed by atoms with Crippen molar-refractivity contribution in [2.45, 2.75) is 157 Å². The molecule has 2 rings (SSSR count). The van der Waals surface area contributed by atoms with Gasteiger partial charge in [0.25, 0.3) is 0 Å². The molecule has 2 N–H and O–H groups in total. The lowest BCUT2D eigenvalue weighted by atomic mass is 9.61. The summed E-state index contributed by atoms with van der Waals surface area (Å²) in [5.41, 5.74) is 6.89. The molecule has 246 valence electrons. The van der Waals surface area contributed by atoms with E-state index in [9.17, 15) is 0 Å². The Balaban J connectivity index is 2.44. The SMILES string of the molecule is CC(C)(C)c1cc(C(C)(C)C)c(B(F)NCCNB(F)c2c(C(C)(C)C)cc(C(C)(C)C)cc2C(C)(C)C)c(C(C)(C)C)c1. The highest BCUT2D eigenvalue weighted by Crippen LogP contribution is 2.35. The minimum absolute atomic E-state index is 0.0548. The molecular formula is C38H64B2F2N2. The molecule has 0 saturated heterocycles. The molecule has 0 saturated carbocycles. The molecule has 0 aliphatic heterocycles. The van der Waals surface area contributed by atoms with E-state index >= 15 is 8.63 Å². The van der Waals surface area contributed by atoms with Crippen LogP contribution in [0.5, 0.6) is 0 Å². The highest BCUT2D eigenvalue weighted by Gasteiger charge is 2.37. The van der Waals surface area contributed by atoms with Crippen molar-refractivity contribution in [3.63, 3.8) is 0 Å². The van der Waals surface area contributed by atoms with E-state index in [4.69, 9.17) is 0 Å². The molecule has 0 bridgehead atoms. The quantitative estimate of drug-likeness (QED) is 0.243. The summed E-state index contributed by atoms with van der Waals surface area (Å²) in [5.74, 6) is 0. The third-order valence-corrected chi connectivity index (χ3v) is 8.60. The van der Waals surface area contributed by atoms with Gasteiger partial charge in [-0.25, -0.2) is 0 Å². The van der Waals surface area contributed by atoms with Crippen molar-refractivity contribution < 1.29 is 8.63 Å². The van der Waals surface area contributed by atoms with E-state index in [0.29, 0.717) is 13.1 Å². The van der Waals surface area contributed by atoms with Gasteiger partial charge in [0, 0.05) is 0 Å². The number of hydrogen-bond acceptors (Lipinski definition) is 2. The van der Waals surface area contributed by atoms with Crippen LogP contribution in [0.1, 0.15) is 158 Å². The van der Waals surface area contributed by atoms with Gasteiger partial charge in [-0.05, 0) is 89.9 Å². The minimum atomic E-state index is -1.37. The molecule has 6 heteroatoms. The molecule has 44 heavy (non-hydrogen) atoms. The summed E-state index contributed by atoms with van der Waals surface area (Å²) in [7, 11) is -2.73. The zero-order chi connectivity index (χ0) is 34.4.